The summed E-state index contributed by atoms with van der Waals surface area (Å²) in [6.07, 6.45) is 0. The molecule has 0 spiro atoms. The third kappa shape index (κ3) is 2.96. The number of anilines is 1. The van der Waals surface area contributed by atoms with Gasteiger partial charge >= 0.3 is 0 Å². The molecule has 0 aliphatic carbocycles. The van der Waals surface area contributed by atoms with Gasteiger partial charge in [0.05, 0.1) is 20.8 Å². The highest BCUT2D eigenvalue weighted by molar-refractivity contribution is 6.13. The van der Waals surface area contributed by atoms with Gasteiger partial charge in [0.2, 0.25) is 0 Å². The Morgan fingerprint density at radius 2 is 1.52 bits per heavy atom. The second kappa shape index (κ2) is 6.38. The van der Waals surface area contributed by atoms with Crippen molar-refractivity contribution in [2.45, 2.75) is 0 Å². The molecule has 23 heavy (non-hydrogen) atoms. The zero-order chi connectivity index (χ0) is 16.2. The highest BCUT2D eigenvalue weighted by Crippen LogP contribution is 2.27. The van der Waals surface area contributed by atoms with Gasteiger partial charge in [-0.3, -0.25) is 0 Å². The lowest BCUT2D eigenvalue weighted by Crippen LogP contribution is -2.27. The number of benzene rings is 2. The van der Waals surface area contributed by atoms with Crippen LogP contribution in [0.25, 0.3) is 0 Å². The lowest BCUT2D eigenvalue weighted by molar-refractivity contribution is 0.414. The molecule has 0 radical (unpaired) electrons. The summed E-state index contributed by atoms with van der Waals surface area (Å²) in [4.78, 5) is 17.4. The first kappa shape index (κ1) is 14.9. The first-order valence-electron chi connectivity index (χ1n) is 7.14. The Morgan fingerprint density at radius 1 is 0.957 bits per heavy atom. The van der Waals surface area contributed by atoms with Crippen LogP contribution in [-0.2, 0) is 4.79 Å². The predicted octanol–water partition coefficient (Wildman–Crippen LogP) is 2.69. The Hall–Kier alpha value is -3.04. The first-order valence-corrected chi connectivity index (χ1v) is 7.14. The van der Waals surface area contributed by atoms with Crippen molar-refractivity contribution in [3.63, 3.8) is 0 Å². The number of hydrogen-bond donors (Lipinski definition) is 0. The van der Waals surface area contributed by atoms with E-state index in [0.29, 0.717) is 12.2 Å². The third-order valence-corrected chi connectivity index (χ3v) is 3.65. The Balaban J connectivity index is 1.97. The van der Waals surface area contributed by atoms with E-state index < -0.39 is 0 Å². The minimum atomic E-state index is 0.381. The number of hydrogen-bond acceptors (Lipinski definition) is 5. The van der Waals surface area contributed by atoms with Gasteiger partial charge in [-0.1, -0.05) is 0 Å². The summed E-state index contributed by atoms with van der Waals surface area (Å²) < 4.78 is 10.4. The SMILES string of the molecule is COc1ccc(C2=NC(=C=O)CN2c2ccc(OC)cc2)cc1. The highest BCUT2D eigenvalue weighted by Gasteiger charge is 2.24. The van der Waals surface area contributed by atoms with E-state index in [1.165, 1.54) is 0 Å². The standard InChI is InChI=1S/C18H16N2O3/c1-22-16-7-3-13(4-8-16)18-19-14(12-21)11-20(18)15-5-9-17(23-2)10-6-15/h3-10H,11H2,1-2H3. The van der Waals surface area contributed by atoms with Crippen LogP contribution in [-0.4, -0.2) is 32.5 Å². The van der Waals surface area contributed by atoms with Crippen LogP contribution in [0, 0.1) is 0 Å². The lowest BCUT2D eigenvalue weighted by Gasteiger charge is -2.20. The zero-order valence-electron chi connectivity index (χ0n) is 12.9. The first-order chi connectivity index (χ1) is 11.2. The van der Waals surface area contributed by atoms with Crippen LogP contribution in [0.5, 0.6) is 11.5 Å². The van der Waals surface area contributed by atoms with E-state index in [9.17, 15) is 4.79 Å². The molecule has 0 N–H and O–H groups in total. The van der Waals surface area contributed by atoms with E-state index in [1.54, 1.807) is 14.2 Å². The van der Waals surface area contributed by atoms with Crippen molar-refractivity contribution in [1.82, 2.24) is 0 Å². The van der Waals surface area contributed by atoms with E-state index in [-0.39, 0.29) is 0 Å². The fourth-order valence-corrected chi connectivity index (χ4v) is 2.44. The summed E-state index contributed by atoms with van der Waals surface area (Å²) in [6.45, 7) is 0.400. The third-order valence-electron chi connectivity index (χ3n) is 3.65. The summed E-state index contributed by atoms with van der Waals surface area (Å²) in [6, 6.07) is 15.2. The van der Waals surface area contributed by atoms with Crippen LogP contribution in [0.4, 0.5) is 5.69 Å². The van der Waals surface area contributed by atoms with Gasteiger partial charge in [-0.05, 0) is 48.5 Å². The quantitative estimate of drug-likeness (QED) is 0.815. The van der Waals surface area contributed by atoms with E-state index in [1.807, 2.05) is 59.4 Å². The molecule has 2 aromatic carbocycles. The van der Waals surface area contributed by atoms with Crippen LogP contribution in [0.15, 0.2) is 59.2 Å². The number of aliphatic imine (C=N–C) groups is 1. The van der Waals surface area contributed by atoms with Crippen molar-refractivity contribution < 1.29 is 14.3 Å². The van der Waals surface area contributed by atoms with Gasteiger partial charge in [0.25, 0.3) is 0 Å². The fourth-order valence-electron chi connectivity index (χ4n) is 2.44. The normalized spacial score (nSPS) is 13.6. The van der Waals surface area contributed by atoms with Crippen LogP contribution in [0.3, 0.4) is 0 Å². The van der Waals surface area contributed by atoms with Crippen LogP contribution in [0.1, 0.15) is 5.56 Å². The molecule has 1 aliphatic rings. The van der Waals surface area contributed by atoms with Gasteiger partial charge in [-0.2, -0.15) is 0 Å². The molecular formula is C18H16N2O3. The minimum Gasteiger partial charge on any atom is -0.497 e. The topological polar surface area (TPSA) is 51.1 Å². The van der Waals surface area contributed by atoms with Crippen molar-refractivity contribution in [2.75, 3.05) is 25.7 Å². The summed E-state index contributed by atoms with van der Waals surface area (Å²) in [5.74, 6) is 4.17. The second-order valence-electron chi connectivity index (χ2n) is 5.00. The maximum atomic E-state index is 11.0. The van der Waals surface area contributed by atoms with Crippen molar-refractivity contribution in [3.8, 4) is 11.5 Å². The van der Waals surface area contributed by atoms with Crippen molar-refractivity contribution in [3.05, 3.63) is 59.8 Å². The Labute approximate surface area is 134 Å². The van der Waals surface area contributed by atoms with Crippen molar-refractivity contribution in [2.24, 2.45) is 4.99 Å². The monoisotopic (exact) mass is 308 g/mol. The molecule has 1 aliphatic heterocycles. The molecule has 5 heteroatoms. The van der Waals surface area contributed by atoms with Crippen LogP contribution in [0.2, 0.25) is 0 Å². The largest absolute Gasteiger partial charge is 0.497 e. The minimum absolute atomic E-state index is 0.381. The molecule has 0 aromatic heterocycles. The highest BCUT2D eigenvalue weighted by atomic mass is 16.5. The summed E-state index contributed by atoms with van der Waals surface area (Å²) in [5, 5.41) is 0. The molecule has 0 bridgehead atoms. The molecule has 116 valence electrons. The van der Waals surface area contributed by atoms with E-state index in [2.05, 4.69) is 4.99 Å². The number of nitrogens with zero attached hydrogens (tertiary/aromatic N) is 2. The number of carbonyl (C=O) groups excluding carboxylic acids is 1. The molecule has 0 saturated heterocycles. The number of amidine groups is 1. The van der Waals surface area contributed by atoms with Gasteiger partial charge < -0.3 is 14.4 Å². The van der Waals surface area contributed by atoms with Gasteiger partial charge in [-0.25, -0.2) is 9.79 Å². The van der Waals surface area contributed by atoms with Crippen LogP contribution < -0.4 is 14.4 Å². The van der Waals surface area contributed by atoms with Crippen molar-refractivity contribution in [1.29, 1.82) is 0 Å². The van der Waals surface area contributed by atoms with E-state index in [4.69, 9.17) is 9.47 Å². The predicted molar refractivity (Wildman–Crippen MR) is 89.1 cm³/mol. The number of rotatable bonds is 4. The summed E-state index contributed by atoms with van der Waals surface area (Å²) >= 11 is 0. The average Bonchev–Trinajstić information content (AvgIpc) is 3.06. The maximum Gasteiger partial charge on any atom is 0.150 e. The van der Waals surface area contributed by atoms with Gasteiger partial charge in [0, 0.05) is 11.3 Å². The Morgan fingerprint density at radius 3 is 2.04 bits per heavy atom. The molecule has 0 amide bonds. The zero-order valence-corrected chi connectivity index (χ0v) is 12.9. The molecule has 0 fully saturated rings. The van der Waals surface area contributed by atoms with Crippen molar-refractivity contribution >= 4 is 17.5 Å². The number of methoxy groups -OCH3 is 2. The Bertz CT molecular complexity index is 773. The van der Waals surface area contributed by atoms with E-state index >= 15 is 0 Å². The molecule has 3 rings (SSSR count). The Kier molecular flexibility index (Phi) is 4.13. The molecule has 0 atom stereocenters. The molecular weight excluding hydrogens is 292 g/mol. The average molecular weight is 308 g/mol. The fraction of sp³-hybridized carbons (Fsp3) is 0.167. The molecule has 5 nitrogen and oxygen atoms in total. The van der Waals surface area contributed by atoms with Gasteiger partial charge in [0.15, 0.2) is 0 Å². The van der Waals surface area contributed by atoms with Gasteiger partial charge in [0.1, 0.15) is 29.0 Å². The molecule has 0 saturated carbocycles. The van der Waals surface area contributed by atoms with Crippen LogP contribution >= 0.6 is 0 Å². The van der Waals surface area contributed by atoms with Gasteiger partial charge in [-0.15, -0.1) is 0 Å². The molecule has 1 heterocycles. The summed E-state index contributed by atoms with van der Waals surface area (Å²) in [7, 11) is 3.25. The summed E-state index contributed by atoms with van der Waals surface area (Å²) in [5.41, 5.74) is 2.23. The molecule has 2 aromatic rings. The van der Waals surface area contributed by atoms with E-state index in [0.717, 1.165) is 28.6 Å². The smallest absolute Gasteiger partial charge is 0.150 e. The molecule has 0 unspecified atom stereocenters. The lowest BCUT2D eigenvalue weighted by atomic mass is 10.1. The second-order valence-corrected chi connectivity index (χ2v) is 5.00. The number of ether oxygens (including phenoxy) is 2. The maximum absolute atomic E-state index is 11.0.